The van der Waals surface area contributed by atoms with Crippen LogP contribution in [0.25, 0.3) is 0 Å². The molecule has 5 heteroatoms. The van der Waals surface area contributed by atoms with E-state index in [4.69, 9.17) is 5.73 Å². The Hall–Kier alpha value is -1.49. The molecule has 114 valence electrons. The molecule has 0 spiro atoms. The first-order valence-electron chi connectivity index (χ1n) is 7.55. The first-order chi connectivity index (χ1) is 10.0. The molecule has 2 aliphatic carbocycles. The summed E-state index contributed by atoms with van der Waals surface area (Å²) in [5.74, 6) is -0.828. The van der Waals surface area contributed by atoms with Gasteiger partial charge in [0.1, 0.15) is 11.6 Å². The zero-order chi connectivity index (χ0) is 15.0. The maximum atomic E-state index is 13.2. The van der Waals surface area contributed by atoms with E-state index in [2.05, 4.69) is 5.32 Å². The molecule has 3 N–H and O–H groups in total. The third-order valence-corrected chi connectivity index (χ3v) is 4.91. The predicted molar refractivity (Wildman–Crippen MR) is 76.5 cm³/mol. The Bertz CT molecular complexity index is 515. The lowest BCUT2D eigenvalue weighted by atomic mass is 9.65. The van der Waals surface area contributed by atoms with Gasteiger partial charge in [-0.05, 0) is 49.7 Å². The van der Waals surface area contributed by atoms with Gasteiger partial charge in [0.15, 0.2) is 0 Å². The van der Waals surface area contributed by atoms with E-state index in [1.165, 1.54) is 6.42 Å². The van der Waals surface area contributed by atoms with Crippen LogP contribution in [0, 0.1) is 29.4 Å². The molecule has 1 aromatic rings. The molecule has 21 heavy (non-hydrogen) atoms. The van der Waals surface area contributed by atoms with Crippen LogP contribution >= 0.6 is 0 Å². The van der Waals surface area contributed by atoms with Gasteiger partial charge in [0.2, 0.25) is 5.91 Å². The van der Waals surface area contributed by atoms with Crippen LogP contribution in [0.1, 0.15) is 32.1 Å². The van der Waals surface area contributed by atoms with E-state index < -0.39 is 11.6 Å². The number of carbonyl (C=O) groups excluding carboxylic acids is 1. The quantitative estimate of drug-likeness (QED) is 0.881. The van der Waals surface area contributed by atoms with Gasteiger partial charge in [-0.2, -0.15) is 0 Å². The molecular formula is C16H20F2N2O. The van der Waals surface area contributed by atoms with Crippen molar-refractivity contribution in [2.45, 2.75) is 38.1 Å². The highest BCUT2D eigenvalue weighted by molar-refractivity contribution is 5.92. The fraction of sp³-hybridized carbons (Fsp3) is 0.562. The molecule has 2 saturated carbocycles. The summed E-state index contributed by atoms with van der Waals surface area (Å²) in [6.45, 7) is 0. The van der Waals surface area contributed by atoms with E-state index in [0.29, 0.717) is 11.8 Å². The summed E-state index contributed by atoms with van der Waals surface area (Å²) in [5.41, 5.74) is 6.39. The van der Waals surface area contributed by atoms with Crippen LogP contribution in [-0.2, 0) is 4.79 Å². The second kappa shape index (κ2) is 5.72. The molecule has 1 aromatic carbocycles. The standard InChI is InChI=1S/C16H20F2N2O/c17-12-6-13(18)8-14(7-12)20-16(21)11-4-9-2-1-3-10(5-11)15(9)19/h6-11,15H,1-5,19H2,(H,20,21). The van der Waals surface area contributed by atoms with Gasteiger partial charge in [0, 0.05) is 23.7 Å². The Kier molecular flexibility index (Phi) is 3.93. The van der Waals surface area contributed by atoms with Crippen molar-refractivity contribution in [3.05, 3.63) is 29.8 Å². The molecule has 2 aliphatic rings. The highest BCUT2D eigenvalue weighted by atomic mass is 19.1. The minimum absolute atomic E-state index is 0.105. The maximum absolute atomic E-state index is 13.2. The van der Waals surface area contributed by atoms with Crippen LogP contribution in [-0.4, -0.2) is 11.9 Å². The van der Waals surface area contributed by atoms with Crippen LogP contribution in [0.3, 0.4) is 0 Å². The van der Waals surface area contributed by atoms with Crippen molar-refractivity contribution in [1.82, 2.24) is 0 Å². The van der Waals surface area contributed by atoms with Gasteiger partial charge in [-0.1, -0.05) is 6.42 Å². The molecule has 0 aromatic heterocycles. The number of hydrogen-bond acceptors (Lipinski definition) is 2. The summed E-state index contributed by atoms with van der Waals surface area (Å²) >= 11 is 0. The molecule has 0 radical (unpaired) electrons. The maximum Gasteiger partial charge on any atom is 0.227 e. The Morgan fingerprint density at radius 1 is 1.10 bits per heavy atom. The molecule has 0 aliphatic heterocycles. The van der Waals surface area contributed by atoms with Crippen LogP contribution in [0.2, 0.25) is 0 Å². The summed E-state index contributed by atoms with van der Waals surface area (Å²) in [7, 11) is 0. The predicted octanol–water partition coefficient (Wildman–Crippen LogP) is 3.06. The Balaban J connectivity index is 1.68. The highest BCUT2D eigenvalue weighted by Crippen LogP contribution is 2.42. The van der Waals surface area contributed by atoms with E-state index in [-0.39, 0.29) is 23.6 Å². The molecular weight excluding hydrogens is 274 g/mol. The van der Waals surface area contributed by atoms with Crippen molar-refractivity contribution >= 4 is 11.6 Å². The molecule has 2 unspecified atom stereocenters. The van der Waals surface area contributed by atoms with E-state index in [0.717, 1.165) is 43.9 Å². The van der Waals surface area contributed by atoms with Gasteiger partial charge in [-0.3, -0.25) is 4.79 Å². The van der Waals surface area contributed by atoms with Crippen LogP contribution in [0.4, 0.5) is 14.5 Å². The minimum atomic E-state index is -0.687. The van der Waals surface area contributed by atoms with Crippen molar-refractivity contribution in [3.63, 3.8) is 0 Å². The molecule has 2 bridgehead atoms. The number of amides is 1. The normalized spacial score (nSPS) is 31.8. The number of nitrogens with one attached hydrogen (secondary N) is 1. The largest absolute Gasteiger partial charge is 0.327 e. The van der Waals surface area contributed by atoms with Gasteiger partial charge in [-0.25, -0.2) is 8.78 Å². The monoisotopic (exact) mass is 294 g/mol. The molecule has 3 nitrogen and oxygen atoms in total. The number of anilines is 1. The average Bonchev–Trinajstić information content (AvgIpc) is 2.36. The van der Waals surface area contributed by atoms with E-state index in [9.17, 15) is 13.6 Å². The number of rotatable bonds is 2. The minimum Gasteiger partial charge on any atom is -0.327 e. The molecule has 2 atom stereocenters. The van der Waals surface area contributed by atoms with Crippen molar-refractivity contribution in [3.8, 4) is 0 Å². The number of nitrogens with two attached hydrogens (primary N) is 1. The third kappa shape index (κ3) is 3.07. The Morgan fingerprint density at radius 2 is 1.67 bits per heavy atom. The summed E-state index contributed by atoms with van der Waals surface area (Å²) in [5, 5.41) is 2.64. The number of benzene rings is 1. The van der Waals surface area contributed by atoms with Gasteiger partial charge < -0.3 is 11.1 Å². The lowest BCUT2D eigenvalue weighted by Gasteiger charge is -2.43. The fourth-order valence-corrected chi connectivity index (χ4v) is 3.87. The van der Waals surface area contributed by atoms with Crippen molar-refractivity contribution in [2.24, 2.45) is 23.5 Å². The first kappa shape index (κ1) is 14.4. The van der Waals surface area contributed by atoms with Gasteiger partial charge in [0.05, 0.1) is 0 Å². The zero-order valence-corrected chi connectivity index (χ0v) is 11.8. The fourth-order valence-electron chi connectivity index (χ4n) is 3.87. The lowest BCUT2D eigenvalue weighted by molar-refractivity contribution is -0.122. The molecule has 3 rings (SSSR count). The van der Waals surface area contributed by atoms with Crippen molar-refractivity contribution < 1.29 is 13.6 Å². The summed E-state index contributed by atoms with van der Waals surface area (Å²) in [4.78, 5) is 12.3. The summed E-state index contributed by atoms with van der Waals surface area (Å²) < 4.78 is 26.3. The van der Waals surface area contributed by atoms with E-state index in [1.807, 2.05) is 0 Å². The average molecular weight is 294 g/mol. The Labute approximate surface area is 122 Å². The van der Waals surface area contributed by atoms with Gasteiger partial charge in [-0.15, -0.1) is 0 Å². The van der Waals surface area contributed by atoms with Crippen molar-refractivity contribution in [1.29, 1.82) is 0 Å². The Morgan fingerprint density at radius 3 is 2.24 bits per heavy atom. The smallest absolute Gasteiger partial charge is 0.227 e. The zero-order valence-electron chi connectivity index (χ0n) is 11.8. The summed E-state index contributed by atoms with van der Waals surface area (Å²) in [6.07, 6.45) is 4.90. The number of fused-ring (bicyclic) bond motifs is 2. The molecule has 2 fully saturated rings. The second-order valence-corrected chi connectivity index (χ2v) is 6.34. The number of hydrogen-bond donors (Lipinski definition) is 2. The highest BCUT2D eigenvalue weighted by Gasteiger charge is 2.40. The molecule has 0 heterocycles. The second-order valence-electron chi connectivity index (χ2n) is 6.34. The third-order valence-electron chi connectivity index (χ3n) is 4.91. The van der Waals surface area contributed by atoms with E-state index >= 15 is 0 Å². The topological polar surface area (TPSA) is 55.1 Å². The summed E-state index contributed by atoms with van der Waals surface area (Å²) in [6, 6.07) is 3.27. The SMILES string of the molecule is NC1C2CCCC1CC(C(=O)Nc1cc(F)cc(F)c1)C2. The van der Waals surface area contributed by atoms with E-state index in [1.54, 1.807) is 0 Å². The van der Waals surface area contributed by atoms with Crippen LogP contribution in [0.15, 0.2) is 18.2 Å². The van der Waals surface area contributed by atoms with Crippen molar-refractivity contribution in [2.75, 3.05) is 5.32 Å². The molecule has 0 saturated heterocycles. The lowest BCUT2D eigenvalue weighted by Crippen LogP contribution is -2.48. The molecule has 1 amide bonds. The number of halogens is 2. The van der Waals surface area contributed by atoms with Gasteiger partial charge >= 0.3 is 0 Å². The number of carbonyl (C=O) groups is 1. The first-order valence-corrected chi connectivity index (χ1v) is 7.55. The van der Waals surface area contributed by atoms with Crippen LogP contribution < -0.4 is 11.1 Å². The van der Waals surface area contributed by atoms with Crippen LogP contribution in [0.5, 0.6) is 0 Å². The van der Waals surface area contributed by atoms with Gasteiger partial charge in [0.25, 0.3) is 0 Å².